The molecule has 4 nitrogen and oxygen atoms in total. The zero-order chi connectivity index (χ0) is 16.7. The molecule has 2 N–H and O–H groups in total. The van der Waals surface area contributed by atoms with Crippen molar-refractivity contribution in [2.45, 2.75) is 52.1 Å². The van der Waals surface area contributed by atoms with Crippen molar-refractivity contribution in [2.75, 3.05) is 19.8 Å². The van der Waals surface area contributed by atoms with E-state index in [2.05, 4.69) is 5.32 Å². The summed E-state index contributed by atoms with van der Waals surface area (Å²) in [7, 11) is 0. The highest BCUT2D eigenvalue weighted by atomic mass is 16.5. The number of nitrogens with one attached hydrogen (secondary N) is 1. The smallest absolute Gasteiger partial charge is 0.226 e. The minimum atomic E-state index is -0.662. The molecule has 0 heterocycles. The van der Waals surface area contributed by atoms with Gasteiger partial charge in [0.15, 0.2) is 0 Å². The zero-order valence-electron chi connectivity index (χ0n) is 14.3. The van der Waals surface area contributed by atoms with Gasteiger partial charge in [0, 0.05) is 19.8 Å². The van der Waals surface area contributed by atoms with E-state index in [0.29, 0.717) is 13.2 Å². The number of ether oxygens (including phenoxy) is 1. The lowest BCUT2D eigenvalue weighted by molar-refractivity contribution is -0.132. The van der Waals surface area contributed by atoms with Crippen molar-refractivity contribution in [3.05, 3.63) is 35.4 Å². The van der Waals surface area contributed by atoms with Crippen molar-refractivity contribution in [1.82, 2.24) is 5.32 Å². The Balaban J connectivity index is 1.92. The van der Waals surface area contributed by atoms with Crippen LogP contribution in [0.25, 0.3) is 0 Å². The van der Waals surface area contributed by atoms with Gasteiger partial charge in [-0.25, -0.2) is 0 Å². The van der Waals surface area contributed by atoms with Gasteiger partial charge in [-0.3, -0.25) is 4.79 Å². The number of aliphatic hydroxyl groups excluding tert-OH is 1. The molecule has 1 atom stereocenters. The molecule has 23 heavy (non-hydrogen) atoms. The molecular formula is C19H29NO3. The maximum Gasteiger partial charge on any atom is 0.226 e. The van der Waals surface area contributed by atoms with E-state index < -0.39 is 6.10 Å². The van der Waals surface area contributed by atoms with Gasteiger partial charge in [0.2, 0.25) is 5.91 Å². The maximum absolute atomic E-state index is 12.7. The van der Waals surface area contributed by atoms with Gasteiger partial charge in [-0.1, -0.05) is 37.1 Å². The summed E-state index contributed by atoms with van der Waals surface area (Å²) >= 11 is 0. The van der Waals surface area contributed by atoms with E-state index in [4.69, 9.17) is 4.74 Å². The van der Waals surface area contributed by atoms with Gasteiger partial charge in [-0.15, -0.1) is 0 Å². The molecule has 0 aromatic heterocycles. The summed E-state index contributed by atoms with van der Waals surface area (Å²) in [5.41, 5.74) is 1.62. The van der Waals surface area contributed by atoms with Gasteiger partial charge in [0.05, 0.1) is 11.5 Å². The molecule has 1 unspecified atom stereocenters. The number of hydrogen-bond donors (Lipinski definition) is 2. The van der Waals surface area contributed by atoms with Crippen LogP contribution in [0.15, 0.2) is 24.3 Å². The summed E-state index contributed by atoms with van der Waals surface area (Å²) in [6, 6.07) is 7.74. The quantitative estimate of drug-likeness (QED) is 0.724. The van der Waals surface area contributed by atoms with E-state index in [1.165, 1.54) is 0 Å². The SMILES string of the molecule is CCOCCC1(C(=O)NCC(O)c2ccccc2C)CCCC1. The second-order valence-corrected chi connectivity index (χ2v) is 6.52. The molecule has 1 amide bonds. The van der Waals surface area contributed by atoms with Crippen molar-refractivity contribution in [3.63, 3.8) is 0 Å². The first kappa shape index (κ1) is 18.0. The molecular weight excluding hydrogens is 290 g/mol. The third kappa shape index (κ3) is 4.55. The number of rotatable bonds is 8. The number of aryl methyl sites for hydroxylation is 1. The molecule has 1 aromatic rings. The van der Waals surface area contributed by atoms with E-state index in [1.54, 1.807) is 0 Å². The zero-order valence-corrected chi connectivity index (χ0v) is 14.3. The Kier molecular flexibility index (Phi) is 6.60. The van der Waals surface area contributed by atoms with E-state index in [9.17, 15) is 9.90 Å². The number of benzene rings is 1. The first-order valence-electron chi connectivity index (χ1n) is 8.69. The third-order valence-electron chi connectivity index (χ3n) is 4.97. The topological polar surface area (TPSA) is 58.6 Å². The fourth-order valence-electron chi connectivity index (χ4n) is 3.50. The van der Waals surface area contributed by atoms with Crippen LogP contribution in [0.4, 0.5) is 0 Å². The van der Waals surface area contributed by atoms with Crippen molar-refractivity contribution in [3.8, 4) is 0 Å². The minimum absolute atomic E-state index is 0.0716. The summed E-state index contributed by atoms with van der Waals surface area (Å²) < 4.78 is 5.45. The monoisotopic (exact) mass is 319 g/mol. The number of carbonyl (C=O) groups excluding carboxylic acids is 1. The van der Waals surface area contributed by atoms with Crippen LogP contribution in [-0.4, -0.2) is 30.8 Å². The van der Waals surface area contributed by atoms with Gasteiger partial charge in [-0.05, 0) is 44.2 Å². The summed E-state index contributed by atoms with van der Waals surface area (Å²) in [6.45, 7) is 5.52. The normalized spacial score (nSPS) is 17.9. The molecule has 1 aliphatic rings. The molecule has 0 saturated heterocycles. The van der Waals surface area contributed by atoms with Gasteiger partial charge < -0.3 is 15.2 Å². The van der Waals surface area contributed by atoms with Crippen molar-refractivity contribution < 1.29 is 14.6 Å². The Bertz CT molecular complexity index is 509. The molecule has 2 rings (SSSR count). The number of hydrogen-bond acceptors (Lipinski definition) is 3. The lowest BCUT2D eigenvalue weighted by atomic mass is 9.82. The van der Waals surface area contributed by atoms with Gasteiger partial charge in [0.1, 0.15) is 0 Å². The highest BCUT2D eigenvalue weighted by molar-refractivity contribution is 5.83. The molecule has 1 aliphatic carbocycles. The standard InChI is InChI=1S/C19H29NO3/c1-3-23-13-12-19(10-6-7-11-19)18(22)20-14-17(21)16-9-5-4-8-15(16)2/h4-5,8-9,17,21H,3,6-7,10-14H2,1-2H3,(H,20,22). The van der Waals surface area contributed by atoms with E-state index in [0.717, 1.165) is 43.2 Å². The molecule has 0 bridgehead atoms. The molecule has 1 fully saturated rings. The molecule has 0 spiro atoms. The van der Waals surface area contributed by atoms with Crippen molar-refractivity contribution in [1.29, 1.82) is 0 Å². The molecule has 4 heteroatoms. The number of aliphatic hydroxyl groups is 1. The van der Waals surface area contributed by atoms with Crippen LogP contribution in [0.2, 0.25) is 0 Å². The predicted molar refractivity (Wildman–Crippen MR) is 91.2 cm³/mol. The highest BCUT2D eigenvalue weighted by Gasteiger charge is 2.40. The van der Waals surface area contributed by atoms with Crippen LogP contribution in [0.1, 0.15) is 56.3 Å². The van der Waals surface area contributed by atoms with Crippen LogP contribution in [0.3, 0.4) is 0 Å². The van der Waals surface area contributed by atoms with Crippen LogP contribution < -0.4 is 5.32 Å². The lowest BCUT2D eigenvalue weighted by Crippen LogP contribution is -2.41. The van der Waals surface area contributed by atoms with E-state index >= 15 is 0 Å². The Morgan fingerprint density at radius 3 is 2.70 bits per heavy atom. The van der Waals surface area contributed by atoms with Crippen LogP contribution >= 0.6 is 0 Å². The molecule has 1 aromatic carbocycles. The summed E-state index contributed by atoms with van der Waals surface area (Å²) in [5.74, 6) is 0.0716. The second kappa shape index (κ2) is 8.46. The van der Waals surface area contributed by atoms with Crippen molar-refractivity contribution in [2.24, 2.45) is 5.41 Å². The average molecular weight is 319 g/mol. The first-order valence-corrected chi connectivity index (χ1v) is 8.69. The Morgan fingerprint density at radius 1 is 1.35 bits per heavy atom. The first-order chi connectivity index (χ1) is 11.1. The summed E-state index contributed by atoms with van der Waals surface area (Å²) in [5, 5.41) is 13.3. The fraction of sp³-hybridized carbons (Fsp3) is 0.632. The molecule has 128 valence electrons. The Labute approximate surface area is 139 Å². The van der Waals surface area contributed by atoms with Crippen molar-refractivity contribution >= 4 is 5.91 Å². The largest absolute Gasteiger partial charge is 0.387 e. The minimum Gasteiger partial charge on any atom is -0.387 e. The molecule has 0 radical (unpaired) electrons. The predicted octanol–water partition coefficient (Wildman–Crippen LogP) is 3.13. The Hall–Kier alpha value is -1.39. The van der Waals surface area contributed by atoms with Crippen LogP contribution in [0, 0.1) is 12.3 Å². The summed E-state index contributed by atoms with van der Waals surface area (Å²) in [6.07, 6.45) is 4.15. The van der Waals surface area contributed by atoms with Crippen LogP contribution in [0.5, 0.6) is 0 Å². The van der Waals surface area contributed by atoms with Crippen LogP contribution in [-0.2, 0) is 9.53 Å². The lowest BCUT2D eigenvalue weighted by Gasteiger charge is -2.28. The number of carbonyl (C=O) groups is 1. The maximum atomic E-state index is 12.7. The summed E-state index contributed by atoms with van der Waals surface area (Å²) in [4.78, 5) is 12.7. The molecule has 1 saturated carbocycles. The highest BCUT2D eigenvalue weighted by Crippen LogP contribution is 2.41. The van der Waals surface area contributed by atoms with Gasteiger partial charge in [0.25, 0.3) is 0 Å². The molecule has 0 aliphatic heterocycles. The van der Waals surface area contributed by atoms with E-state index in [-0.39, 0.29) is 17.9 Å². The average Bonchev–Trinajstić information content (AvgIpc) is 3.03. The van der Waals surface area contributed by atoms with Gasteiger partial charge >= 0.3 is 0 Å². The second-order valence-electron chi connectivity index (χ2n) is 6.52. The number of amides is 1. The fourth-order valence-corrected chi connectivity index (χ4v) is 3.50. The Morgan fingerprint density at radius 2 is 2.04 bits per heavy atom. The van der Waals surface area contributed by atoms with Gasteiger partial charge in [-0.2, -0.15) is 0 Å². The third-order valence-corrected chi connectivity index (χ3v) is 4.97. The van der Waals surface area contributed by atoms with E-state index in [1.807, 2.05) is 38.1 Å².